The second-order valence-corrected chi connectivity index (χ2v) is 10.0. The highest BCUT2D eigenvalue weighted by Gasteiger charge is 2.49. The molecule has 1 atom stereocenters. The van der Waals surface area contributed by atoms with Crippen molar-refractivity contribution in [3.05, 3.63) is 53.7 Å². The molecule has 162 valence electrons. The molecule has 2 aromatic heterocycles. The summed E-state index contributed by atoms with van der Waals surface area (Å²) in [6.45, 7) is 10.7. The Labute approximate surface area is 183 Å². The first kappa shape index (κ1) is 20.0. The van der Waals surface area contributed by atoms with Gasteiger partial charge in [0.25, 0.3) is 5.91 Å². The number of benzene rings is 1. The highest BCUT2D eigenvalue weighted by molar-refractivity contribution is 5.96. The number of carbonyl (C=O) groups excluding carboxylic acids is 1. The summed E-state index contributed by atoms with van der Waals surface area (Å²) in [5.74, 6) is 2.63. The second-order valence-electron chi connectivity index (χ2n) is 10.0. The van der Waals surface area contributed by atoms with Gasteiger partial charge >= 0.3 is 0 Å². The lowest BCUT2D eigenvalue weighted by molar-refractivity contribution is 0.0560. The van der Waals surface area contributed by atoms with Crippen LogP contribution in [0.1, 0.15) is 61.9 Å². The summed E-state index contributed by atoms with van der Waals surface area (Å²) in [6.07, 6.45) is 4.80. The fourth-order valence-corrected chi connectivity index (χ4v) is 5.02. The van der Waals surface area contributed by atoms with Crippen molar-refractivity contribution in [1.29, 1.82) is 0 Å². The quantitative estimate of drug-likeness (QED) is 0.603. The van der Waals surface area contributed by atoms with Crippen LogP contribution in [0.15, 0.2) is 41.1 Å². The van der Waals surface area contributed by atoms with Gasteiger partial charge in [-0.15, -0.1) is 0 Å². The Morgan fingerprint density at radius 3 is 2.65 bits per heavy atom. The van der Waals surface area contributed by atoms with E-state index >= 15 is 0 Å². The zero-order valence-corrected chi connectivity index (χ0v) is 18.8. The SMILES string of the molecule is Cc1oc(C(C)(C)C)cc1C(=O)N1CCCC2(CCN2c2ncnc3ccccc23)C1. The number of anilines is 1. The molecule has 2 aliphatic heterocycles. The van der Waals surface area contributed by atoms with Crippen molar-refractivity contribution in [3.8, 4) is 0 Å². The number of nitrogens with zero attached hydrogens (tertiary/aromatic N) is 4. The van der Waals surface area contributed by atoms with Crippen LogP contribution >= 0.6 is 0 Å². The summed E-state index contributed by atoms with van der Waals surface area (Å²) in [5.41, 5.74) is 1.49. The van der Waals surface area contributed by atoms with Gasteiger partial charge in [-0.1, -0.05) is 32.9 Å². The van der Waals surface area contributed by atoms with Gasteiger partial charge in [-0.05, 0) is 44.4 Å². The van der Waals surface area contributed by atoms with Crippen LogP contribution in [-0.2, 0) is 5.41 Å². The summed E-state index contributed by atoms with van der Waals surface area (Å²) in [5, 5.41) is 1.08. The van der Waals surface area contributed by atoms with Crippen molar-refractivity contribution < 1.29 is 9.21 Å². The number of para-hydroxylation sites is 1. The first-order valence-corrected chi connectivity index (χ1v) is 11.2. The number of rotatable bonds is 2. The predicted molar refractivity (Wildman–Crippen MR) is 122 cm³/mol. The number of amides is 1. The first-order valence-electron chi connectivity index (χ1n) is 11.2. The molecular weight excluding hydrogens is 388 g/mol. The first-order chi connectivity index (χ1) is 14.8. The lowest BCUT2D eigenvalue weighted by atomic mass is 9.77. The summed E-state index contributed by atoms with van der Waals surface area (Å²) in [7, 11) is 0. The summed E-state index contributed by atoms with van der Waals surface area (Å²) in [6, 6.07) is 10.1. The minimum absolute atomic E-state index is 0.0461. The van der Waals surface area contributed by atoms with Crippen molar-refractivity contribution >= 4 is 22.6 Å². The van der Waals surface area contributed by atoms with E-state index in [1.807, 2.05) is 36.1 Å². The third-order valence-corrected chi connectivity index (χ3v) is 6.88. The molecule has 2 fully saturated rings. The van der Waals surface area contributed by atoms with Gasteiger partial charge in [0.1, 0.15) is 23.7 Å². The van der Waals surface area contributed by atoms with Gasteiger partial charge in [0.2, 0.25) is 0 Å². The molecule has 0 radical (unpaired) electrons. The highest BCUT2D eigenvalue weighted by atomic mass is 16.3. The van der Waals surface area contributed by atoms with Crippen LogP contribution in [-0.4, -0.2) is 45.9 Å². The van der Waals surface area contributed by atoms with E-state index in [0.717, 1.165) is 61.4 Å². The predicted octanol–water partition coefficient (Wildman–Crippen LogP) is 4.71. The third-order valence-electron chi connectivity index (χ3n) is 6.88. The van der Waals surface area contributed by atoms with E-state index in [1.165, 1.54) is 0 Å². The number of hydrogen-bond donors (Lipinski definition) is 0. The van der Waals surface area contributed by atoms with Gasteiger partial charge in [-0.3, -0.25) is 4.79 Å². The minimum Gasteiger partial charge on any atom is -0.465 e. The molecule has 6 heteroatoms. The zero-order valence-electron chi connectivity index (χ0n) is 18.8. The number of carbonyl (C=O) groups is 1. The van der Waals surface area contributed by atoms with Crippen LogP contribution in [0.25, 0.3) is 10.9 Å². The molecule has 0 N–H and O–H groups in total. The Morgan fingerprint density at radius 2 is 1.94 bits per heavy atom. The highest BCUT2D eigenvalue weighted by Crippen LogP contribution is 2.43. The van der Waals surface area contributed by atoms with Gasteiger partial charge in [0, 0.05) is 30.4 Å². The lowest BCUT2D eigenvalue weighted by Crippen LogP contribution is -2.68. The molecule has 1 amide bonds. The van der Waals surface area contributed by atoms with E-state index in [0.29, 0.717) is 11.3 Å². The Bertz CT molecular complexity index is 1140. The monoisotopic (exact) mass is 418 g/mol. The Kier molecular flexibility index (Phi) is 4.57. The molecular formula is C25H30N4O2. The number of furan rings is 1. The summed E-state index contributed by atoms with van der Waals surface area (Å²) >= 11 is 0. The van der Waals surface area contributed by atoms with E-state index in [9.17, 15) is 4.79 Å². The third kappa shape index (κ3) is 3.29. The van der Waals surface area contributed by atoms with Crippen LogP contribution in [0.4, 0.5) is 5.82 Å². The maximum absolute atomic E-state index is 13.5. The van der Waals surface area contributed by atoms with Crippen molar-refractivity contribution in [2.45, 2.75) is 57.9 Å². The van der Waals surface area contributed by atoms with Gasteiger partial charge in [-0.25, -0.2) is 9.97 Å². The lowest BCUT2D eigenvalue weighted by Gasteiger charge is -2.57. The average Bonchev–Trinajstić information content (AvgIpc) is 3.15. The number of hydrogen-bond acceptors (Lipinski definition) is 5. The smallest absolute Gasteiger partial charge is 0.257 e. The number of fused-ring (bicyclic) bond motifs is 1. The van der Waals surface area contributed by atoms with Crippen LogP contribution in [0.5, 0.6) is 0 Å². The molecule has 6 nitrogen and oxygen atoms in total. The Balaban J connectivity index is 1.43. The number of aryl methyl sites for hydroxylation is 1. The number of piperidine rings is 1. The van der Waals surface area contributed by atoms with E-state index in [4.69, 9.17) is 4.42 Å². The van der Waals surface area contributed by atoms with Crippen molar-refractivity contribution in [3.63, 3.8) is 0 Å². The Hall–Kier alpha value is -2.89. The average molecular weight is 419 g/mol. The topological polar surface area (TPSA) is 62.5 Å². The molecule has 0 aliphatic carbocycles. The van der Waals surface area contributed by atoms with E-state index < -0.39 is 0 Å². The maximum atomic E-state index is 13.5. The molecule has 0 bridgehead atoms. The largest absolute Gasteiger partial charge is 0.465 e. The molecule has 2 saturated heterocycles. The van der Waals surface area contributed by atoms with E-state index in [-0.39, 0.29) is 16.9 Å². The van der Waals surface area contributed by atoms with Crippen LogP contribution in [0, 0.1) is 6.92 Å². The van der Waals surface area contributed by atoms with Crippen molar-refractivity contribution in [1.82, 2.24) is 14.9 Å². The van der Waals surface area contributed by atoms with Crippen LogP contribution in [0.2, 0.25) is 0 Å². The summed E-state index contributed by atoms with van der Waals surface area (Å²) < 4.78 is 5.95. The van der Waals surface area contributed by atoms with Gasteiger partial charge in [0.15, 0.2) is 0 Å². The number of likely N-dealkylation sites (tertiary alicyclic amines) is 1. The van der Waals surface area contributed by atoms with Gasteiger partial charge in [0.05, 0.1) is 16.6 Å². The van der Waals surface area contributed by atoms with Crippen LogP contribution in [0.3, 0.4) is 0 Å². The molecule has 1 spiro atoms. The number of aromatic nitrogens is 2. The molecule has 1 aromatic carbocycles. The van der Waals surface area contributed by atoms with Crippen molar-refractivity contribution in [2.24, 2.45) is 0 Å². The summed E-state index contributed by atoms with van der Waals surface area (Å²) in [4.78, 5) is 27.0. The molecule has 0 saturated carbocycles. The van der Waals surface area contributed by atoms with Crippen LogP contribution < -0.4 is 4.90 Å². The zero-order chi connectivity index (χ0) is 21.8. The normalized spacial score (nSPS) is 21.5. The second kappa shape index (κ2) is 7.08. The molecule has 31 heavy (non-hydrogen) atoms. The Morgan fingerprint density at radius 1 is 1.13 bits per heavy atom. The standard InChI is InChI=1S/C25H30N4O2/c1-17-19(14-21(31-17)24(2,3)4)23(30)28-12-7-10-25(15-28)11-13-29(25)22-18-8-5-6-9-20(18)26-16-27-22/h5-6,8-9,14,16H,7,10-13,15H2,1-4H3. The van der Waals surface area contributed by atoms with Crippen molar-refractivity contribution in [2.75, 3.05) is 24.5 Å². The van der Waals surface area contributed by atoms with E-state index in [2.05, 4.69) is 41.7 Å². The molecule has 3 aromatic rings. The molecule has 4 heterocycles. The molecule has 1 unspecified atom stereocenters. The van der Waals surface area contributed by atoms with E-state index in [1.54, 1.807) is 6.33 Å². The molecule has 5 rings (SSSR count). The fourth-order valence-electron chi connectivity index (χ4n) is 5.02. The maximum Gasteiger partial charge on any atom is 0.257 e. The van der Waals surface area contributed by atoms with Gasteiger partial charge in [-0.2, -0.15) is 0 Å². The molecule has 2 aliphatic rings. The minimum atomic E-state index is -0.120. The van der Waals surface area contributed by atoms with Gasteiger partial charge < -0.3 is 14.2 Å². The fraction of sp³-hybridized carbons (Fsp3) is 0.480.